The maximum absolute atomic E-state index is 12.9. The Kier molecular flexibility index (Phi) is 4.67. The number of anilines is 1. The van der Waals surface area contributed by atoms with Gasteiger partial charge in [0.1, 0.15) is 10.4 Å². The number of halogens is 5. The van der Waals surface area contributed by atoms with Crippen LogP contribution in [0.4, 0.5) is 14.5 Å². The van der Waals surface area contributed by atoms with Crippen molar-refractivity contribution >= 4 is 52.3 Å². The zero-order chi connectivity index (χ0) is 18.6. The van der Waals surface area contributed by atoms with E-state index in [9.17, 15) is 18.4 Å². The Balaban J connectivity index is 1.76. The van der Waals surface area contributed by atoms with Gasteiger partial charge in [0.2, 0.25) is 11.8 Å². The highest BCUT2D eigenvalue weighted by Crippen LogP contribution is 2.62. The molecule has 1 saturated carbocycles. The van der Waals surface area contributed by atoms with Crippen molar-refractivity contribution in [2.24, 2.45) is 0 Å². The Morgan fingerprint density at radius 1 is 1.36 bits per heavy atom. The monoisotopic (exact) mass is 410 g/mol. The second-order valence-corrected chi connectivity index (χ2v) is 8.42. The number of amides is 2. The molecular weight excluding hydrogens is 397 g/mol. The molecule has 1 aliphatic heterocycles. The Labute approximate surface area is 158 Å². The predicted molar refractivity (Wildman–Crippen MR) is 92.6 cm³/mol. The van der Waals surface area contributed by atoms with Crippen LogP contribution in [0.5, 0.6) is 0 Å². The SMILES string of the molecule is CN(C(=O)C1(Cl)CC1(Cl)Cl)C1CCN(c2cccc(C(F)F)c2)C1=O. The Morgan fingerprint density at radius 3 is 2.56 bits per heavy atom. The maximum Gasteiger partial charge on any atom is 0.263 e. The van der Waals surface area contributed by atoms with Gasteiger partial charge in [0.25, 0.3) is 6.43 Å². The Hall–Kier alpha value is -1.11. The van der Waals surface area contributed by atoms with Crippen molar-refractivity contribution in [1.29, 1.82) is 0 Å². The molecule has 1 aromatic carbocycles. The molecule has 4 nitrogen and oxygen atoms in total. The van der Waals surface area contributed by atoms with Gasteiger partial charge < -0.3 is 9.80 Å². The number of likely N-dealkylation sites (N-methyl/N-ethyl adjacent to an activating group) is 1. The van der Waals surface area contributed by atoms with Gasteiger partial charge in [-0.05, 0) is 18.6 Å². The molecule has 1 aliphatic carbocycles. The first kappa shape index (κ1) is 18.7. The minimum absolute atomic E-state index is 0.106. The number of carbonyl (C=O) groups excluding carboxylic acids is 2. The molecule has 0 radical (unpaired) electrons. The molecular formula is C16H15Cl3F2N2O2. The second kappa shape index (κ2) is 6.25. The van der Waals surface area contributed by atoms with Gasteiger partial charge in [-0.3, -0.25) is 9.59 Å². The van der Waals surface area contributed by atoms with Crippen LogP contribution in [0.3, 0.4) is 0 Å². The largest absolute Gasteiger partial charge is 0.332 e. The van der Waals surface area contributed by atoms with Gasteiger partial charge in [0.15, 0.2) is 4.87 Å². The average molecular weight is 412 g/mol. The third-order valence-corrected chi connectivity index (χ3v) is 6.38. The van der Waals surface area contributed by atoms with Crippen LogP contribution in [0, 0.1) is 0 Å². The van der Waals surface area contributed by atoms with Gasteiger partial charge in [-0.2, -0.15) is 0 Å². The molecule has 1 heterocycles. The van der Waals surface area contributed by atoms with Crippen LogP contribution >= 0.6 is 34.8 Å². The minimum atomic E-state index is -2.62. The van der Waals surface area contributed by atoms with Gasteiger partial charge in [-0.15, -0.1) is 11.6 Å². The topological polar surface area (TPSA) is 40.6 Å². The molecule has 1 aromatic rings. The zero-order valence-corrected chi connectivity index (χ0v) is 15.5. The molecule has 3 rings (SSSR count). The van der Waals surface area contributed by atoms with E-state index in [1.165, 1.54) is 35.0 Å². The fraction of sp³-hybridized carbons (Fsp3) is 0.500. The summed E-state index contributed by atoms with van der Waals surface area (Å²) in [6, 6.07) is 4.90. The van der Waals surface area contributed by atoms with E-state index in [2.05, 4.69) is 0 Å². The fourth-order valence-corrected chi connectivity index (χ4v) is 4.06. The number of rotatable bonds is 4. The van der Waals surface area contributed by atoms with Crippen LogP contribution in [0.2, 0.25) is 0 Å². The predicted octanol–water partition coefficient (Wildman–Crippen LogP) is 3.74. The summed E-state index contributed by atoms with van der Waals surface area (Å²) < 4.78 is 24.4. The molecule has 1 saturated heterocycles. The van der Waals surface area contributed by atoms with E-state index in [0.717, 1.165) is 0 Å². The van der Waals surface area contributed by atoms with Gasteiger partial charge in [0, 0.05) is 31.3 Å². The standard InChI is InChI=1S/C16H15Cl3F2N2O2/c1-22(14(25)15(17)8-16(15,18)19)11-5-6-23(13(11)24)10-4-2-3-9(7-10)12(20)21/h2-4,7,11-12H,5-6,8H2,1H3. The third kappa shape index (κ3) is 3.09. The highest BCUT2D eigenvalue weighted by atomic mass is 35.5. The molecule has 0 N–H and O–H groups in total. The Morgan fingerprint density at radius 2 is 2.00 bits per heavy atom. The van der Waals surface area contributed by atoms with Gasteiger partial charge in [0.05, 0.1) is 0 Å². The van der Waals surface area contributed by atoms with Crippen molar-refractivity contribution in [3.63, 3.8) is 0 Å². The summed E-state index contributed by atoms with van der Waals surface area (Å²) in [5.74, 6) is -0.862. The van der Waals surface area contributed by atoms with Crippen molar-refractivity contribution in [3.8, 4) is 0 Å². The van der Waals surface area contributed by atoms with Gasteiger partial charge in [-0.1, -0.05) is 35.3 Å². The van der Waals surface area contributed by atoms with E-state index >= 15 is 0 Å². The first-order valence-corrected chi connectivity index (χ1v) is 8.75. The molecule has 0 aromatic heterocycles. The van der Waals surface area contributed by atoms with Crippen molar-refractivity contribution < 1.29 is 18.4 Å². The van der Waals surface area contributed by atoms with Gasteiger partial charge >= 0.3 is 0 Å². The Bertz CT molecular complexity index is 731. The summed E-state index contributed by atoms with van der Waals surface area (Å²) in [5.41, 5.74) is 0.215. The van der Waals surface area contributed by atoms with E-state index in [0.29, 0.717) is 18.7 Å². The molecule has 0 bridgehead atoms. The molecule has 2 fully saturated rings. The first-order valence-electron chi connectivity index (χ1n) is 7.62. The summed E-state index contributed by atoms with van der Waals surface area (Å²) >= 11 is 18.0. The highest BCUT2D eigenvalue weighted by molar-refractivity contribution is 6.62. The first-order chi connectivity index (χ1) is 11.6. The number of hydrogen-bond donors (Lipinski definition) is 0. The van der Waals surface area contributed by atoms with Crippen molar-refractivity contribution in [2.75, 3.05) is 18.5 Å². The second-order valence-electron chi connectivity index (χ2n) is 6.29. The normalized spacial score (nSPS) is 27.7. The number of alkyl halides is 5. The van der Waals surface area contributed by atoms with Crippen LogP contribution in [0.1, 0.15) is 24.8 Å². The fourth-order valence-electron chi connectivity index (χ4n) is 3.02. The zero-order valence-electron chi connectivity index (χ0n) is 13.2. The molecule has 2 aliphatic rings. The van der Waals surface area contributed by atoms with Crippen LogP contribution in [-0.4, -0.2) is 45.6 Å². The van der Waals surface area contributed by atoms with Gasteiger partial charge in [-0.25, -0.2) is 8.78 Å². The van der Waals surface area contributed by atoms with E-state index < -0.39 is 27.6 Å². The number of benzene rings is 1. The summed E-state index contributed by atoms with van der Waals surface area (Å²) in [6.07, 6.45) is -2.15. The van der Waals surface area contributed by atoms with Crippen molar-refractivity contribution in [2.45, 2.75) is 34.5 Å². The van der Waals surface area contributed by atoms with Crippen LogP contribution in [-0.2, 0) is 9.59 Å². The van der Waals surface area contributed by atoms with Crippen molar-refractivity contribution in [1.82, 2.24) is 4.90 Å². The van der Waals surface area contributed by atoms with E-state index in [4.69, 9.17) is 34.8 Å². The number of nitrogens with zero attached hydrogens (tertiary/aromatic N) is 2. The highest BCUT2D eigenvalue weighted by Gasteiger charge is 2.72. The molecule has 2 atom stereocenters. The van der Waals surface area contributed by atoms with E-state index in [1.54, 1.807) is 6.07 Å². The summed E-state index contributed by atoms with van der Waals surface area (Å²) in [5, 5.41) is 0. The van der Waals surface area contributed by atoms with Crippen LogP contribution in [0.15, 0.2) is 24.3 Å². The average Bonchev–Trinajstić information content (AvgIpc) is 2.89. The third-order valence-electron chi connectivity index (χ3n) is 4.66. The quantitative estimate of drug-likeness (QED) is 0.708. The summed E-state index contributed by atoms with van der Waals surface area (Å²) in [4.78, 5) is 26.4. The molecule has 2 amide bonds. The lowest BCUT2D eigenvalue weighted by molar-refractivity contribution is -0.137. The maximum atomic E-state index is 12.9. The smallest absolute Gasteiger partial charge is 0.263 e. The van der Waals surface area contributed by atoms with Crippen molar-refractivity contribution in [3.05, 3.63) is 29.8 Å². The molecule has 25 heavy (non-hydrogen) atoms. The molecule has 2 unspecified atom stereocenters. The summed E-state index contributed by atoms with van der Waals surface area (Å²) in [7, 11) is 1.47. The van der Waals surface area contributed by atoms with E-state index in [-0.39, 0.29) is 17.9 Å². The summed E-state index contributed by atoms with van der Waals surface area (Å²) in [6.45, 7) is 0.315. The lowest BCUT2D eigenvalue weighted by atomic mass is 10.2. The number of hydrogen-bond acceptors (Lipinski definition) is 2. The molecule has 9 heteroatoms. The minimum Gasteiger partial charge on any atom is -0.332 e. The molecule has 0 spiro atoms. The lowest BCUT2D eigenvalue weighted by Crippen LogP contribution is -2.47. The van der Waals surface area contributed by atoms with Crippen LogP contribution < -0.4 is 4.90 Å². The molecule has 136 valence electrons. The number of carbonyl (C=O) groups is 2. The lowest BCUT2D eigenvalue weighted by Gasteiger charge is -2.26. The van der Waals surface area contributed by atoms with Crippen LogP contribution in [0.25, 0.3) is 0 Å². The van der Waals surface area contributed by atoms with E-state index in [1.807, 2.05) is 0 Å².